The van der Waals surface area contributed by atoms with Gasteiger partial charge in [-0.3, -0.25) is 4.79 Å². The summed E-state index contributed by atoms with van der Waals surface area (Å²) < 4.78 is 4.57. The second-order valence-corrected chi connectivity index (χ2v) is 5.53. The summed E-state index contributed by atoms with van der Waals surface area (Å²) >= 11 is 0. The van der Waals surface area contributed by atoms with Crippen LogP contribution >= 0.6 is 0 Å². The molecule has 1 rings (SSSR count). The zero-order chi connectivity index (χ0) is 15.4. The number of carboxylic acid groups (broad SMARTS) is 1. The van der Waals surface area contributed by atoms with Crippen molar-refractivity contribution in [2.45, 2.75) is 39.7 Å². The molecule has 0 aliphatic carbocycles. The maximum absolute atomic E-state index is 11.8. The van der Waals surface area contributed by atoms with Crippen LogP contribution in [0.3, 0.4) is 0 Å². The van der Waals surface area contributed by atoms with Crippen molar-refractivity contribution in [3.8, 4) is 0 Å². The first-order chi connectivity index (χ1) is 9.17. The summed E-state index contributed by atoms with van der Waals surface area (Å²) in [6, 6.07) is -0.437. The highest BCUT2D eigenvalue weighted by Gasteiger charge is 2.44. The zero-order valence-corrected chi connectivity index (χ0v) is 12.1. The normalized spacial score (nSPS) is 12.0. The van der Waals surface area contributed by atoms with E-state index >= 15 is 0 Å². The molecule has 1 aromatic heterocycles. The standard InChI is InChI=1S/C12H20N4O4/c1-11(2,9(17)18)12(3,4)15-10(19)13-6-5-8-14-7-20-16-8/h7H,5-6H2,1-4H3,(H,17,18)(H2,13,15,19). The smallest absolute Gasteiger partial charge is 0.315 e. The van der Waals surface area contributed by atoms with E-state index in [-0.39, 0.29) is 0 Å². The molecule has 2 amide bonds. The van der Waals surface area contributed by atoms with Crippen LogP contribution in [0.2, 0.25) is 0 Å². The lowest BCUT2D eigenvalue weighted by molar-refractivity contribution is -0.150. The van der Waals surface area contributed by atoms with Gasteiger partial charge in [-0.25, -0.2) is 4.79 Å². The predicted molar refractivity (Wildman–Crippen MR) is 70.0 cm³/mol. The van der Waals surface area contributed by atoms with Crippen LogP contribution in [0, 0.1) is 5.41 Å². The first kappa shape index (κ1) is 15.9. The number of urea groups is 1. The Morgan fingerprint density at radius 2 is 2.00 bits per heavy atom. The van der Waals surface area contributed by atoms with Crippen LogP contribution < -0.4 is 10.6 Å². The molecule has 0 spiro atoms. The van der Waals surface area contributed by atoms with Gasteiger partial charge < -0.3 is 20.3 Å². The van der Waals surface area contributed by atoms with E-state index < -0.39 is 23.0 Å². The topological polar surface area (TPSA) is 117 Å². The van der Waals surface area contributed by atoms with Crippen molar-refractivity contribution in [1.29, 1.82) is 0 Å². The Hall–Kier alpha value is -2.12. The lowest BCUT2D eigenvalue weighted by Gasteiger charge is -2.38. The Balaban J connectivity index is 2.47. The van der Waals surface area contributed by atoms with Crippen molar-refractivity contribution in [3.63, 3.8) is 0 Å². The largest absolute Gasteiger partial charge is 0.481 e. The fourth-order valence-corrected chi connectivity index (χ4v) is 1.34. The number of nitrogens with zero attached hydrogens (tertiary/aromatic N) is 2. The summed E-state index contributed by atoms with van der Waals surface area (Å²) in [5.74, 6) is -0.481. The van der Waals surface area contributed by atoms with E-state index in [9.17, 15) is 14.7 Å². The van der Waals surface area contributed by atoms with Gasteiger partial charge >= 0.3 is 12.0 Å². The molecule has 112 valence electrons. The zero-order valence-electron chi connectivity index (χ0n) is 12.1. The molecule has 0 saturated heterocycles. The number of hydrogen-bond donors (Lipinski definition) is 3. The molecule has 20 heavy (non-hydrogen) atoms. The molecule has 1 aromatic rings. The highest BCUT2D eigenvalue weighted by molar-refractivity contribution is 5.79. The molecule has 0 fully saturated rings. The van der Waals surface area contributed by atoms with Crippen molar-refractivity contribution < 1.29 is 19.2 Å². The van der Waals surface area contributed by atoms with Crippen LogP contribution in [0.1, 0.15) is 33.5 Å². The lowest BCUT2D eigenvalue weighted by Crippen LogP contribution is -2.59. The third-order valence-corrected chi connectivity index (χ3v) is 3.56. The second kappa shape index (κ2) is 5.89. The molecule has 0 unspecified atom stereocenters. The monoisotopic (exact) mass is 284 g/mol. The Labute approximate surface area is 116 Å². The van der Waals surface area contributed by atoms with Crippen LogP contribution in [0.25, 0.3) is 0 Å². The van der Waals surface area contributed by atoms with Gasteiger partial charge in [-0.15, -0.1) is 0 Å². The Morgan fingerprint density at radius 1 is 1.35 bits per heavy atom. The minimum Gasteiger partial charge on any atom is -0.481 e. The third-order valence-electron chi connectivity index (χ3n) is 3.56. The van der Waals surface area contributed by atoms with Crippen LogP contribution in [0.15, 0.2) is 10.9 Å². The first-order valence-corrected chi connectivity index (χ1v) is 6.21. The van der Waals surface area contributed by atoms with E-state index in [2.05, 4.69) is 25.3 Å². The van der Waals surface area contributed by atoms with E-state index in [0.29, 0.717) is 18.8 Å². The molecule has 8 nitrogen and oxygen atoms in total. The summed E-state index contributed by atoms with van der Waals surface area (Å²) in [7, 11) is 0. The number of carbonyl (C=O) groups is 2. The Bertz CT molecular complexity index is 468. The first-order valence-electron chi connectivity index (χ1n) is 6.21. The van der Waals surface area contributed by atoms with Crippen molar-refractivity contribution >= 4 is 12.0 Å². The number of hydrogen-bond acceptors (Lipinski definition) is 5. The molecular weight excluding hydrogens is 264 g/mol. The van der Waals surface area contributed by atoms with E-state index in [1.54, 1.807) is 27.7 Å². The van der Waals surface area contributed by atoms with Gasteiger partial charge in [-0.05, 0) is 27.7 Å². The van der Waals surface area contributed by atoms with Gasteiger partial charge in [0.2, 0.25) is 6.39 Å². The predicted octanol–water partition coefficient (Wildman–Crippen LogP) is 0.801. The average Bonchev–Trinajstić information content (AvgIpc) is 2.80. The van der Waals surface area contributed by atoms with E-state index in [1.165, 1.54) is 6.39 Å². The number of rotatable bonds is 6. The molecule has 1 heterocycles. The summed E-state index contributed by atoms with van der Waals surface area (Å²) in [5, 5.41) is 18.1. The van der Waals surface area contributed by atoms with Crippen molar-refractivity contribution in [3.05, 3.63) is 12.2 Å². The van der Waals surface area contributed by atoms with Gasteiger partial charge in [0, 0.05) is 13.0 Å². The number of carboxylic acids is 1. The Morgan fingerprint density at radius 3 is 2.50 bits per heavy atom. The highest BCUT2D eigenvalue weighted by atomic mass is 16.5. The van der Waals surface area contributed by atoms with Crippen molar-refractivity contribution in [2.24, 2.45) is 5.41 Å². The second-order valence-electron chi connectivity index (χ2n) is 5.53. The van der Waals surface area contributed by atoms with Gasteiger partial charge in [0.15, 0.2) is 5.82 Å². The van der Waals surface area contributed by atoms with E-state index in [4.69, 9.17) is 0 Å². The van der Waals surface area contributed by atoms with Gasteiger partial charge in [0.05, 0.1) is 11.0 Å². The minimum atomic E-state index is -1.10. The van der Waals surface area contributed by atoms with Gasteiger partial charge in [0.1, 0.15) is 0 Å². The fraction of sp³-hybridized carbons (Fsp3) is 0.667. The van der Waals surface area contributed by atoms with Gasteiger partial charge in [-0.1, -0.05) is 5.16 Å². The maximum Gasteiger partial charge on any atom is 0.315 e. The van der Waals surface area contributed by atoms with Crippen molar-refractivity contribution in [2.75, 3.05) is 6.54 Å². The third kappa shape index (κ3) is 3.69. The molecule has 0 aliphatic heterocycles. The van der Waals surface area contributed by atoms with Crippen LogP contribution in [0.4, 0.5) is 4.79 Å². The molecular formula is C12H20N4O4. The van der Waals surface area contributed by atoms with E-state index in [1.807, 2.05) is 0 Å². The SMILES string of the molecule is CC(C)(NC(=O)NCCc1ncon1)C(C)(C)C(=O)O. The molecule has 0 atom stereocenters. The molecule has 0 aliphatic rings. The quantitative estimate of drug-likeness (QED) is 0.711. The molecule has 3 N–H and O–H groups in total. The number of aliphatic carboxylic acids is 1. The molecule has 0 aromatic carbocycles. The highest BCUT2D eigenvalue weighted by Crippen LogP contribution is 2.30. The molecule has 0 bridgehead atoms. The van der Waals surface area contributed by atoms with Gasteiger partial charge in [-0.2, -0.15) is 4.98 Å². The molecule has 0 radical (unpaired) electrons. The number of carbonyl (C=O) groups excluding carboxylic acids is 1. The van der Waals surface area contributed by atoms with E-state index in [0.717, 1.165) is 0 Å². The Kier molecular flexibility index (Phi) is 4.69. The summed E-state index contributed by atoms with van der Waals surface area (Å²) in [4.78, 5) is 26.8. The molecule has 0 saturated carbocycles. The van der Waals surface area contributed by atoms with Crippen LogP contribution in [-0.2, 0) is 11.2 Å². The van der Waals surface area contributed by atoms with Crippen molar-refractivity contribution in [1.82, 2.24) is 20.8 Å². The summed E-state index contributed by atoms with van der Waals surface area (Å²) in [5.41, 5.74) is -2.01. The van der Waals surface area contributed by atoms with Gasteiger partial charge in [0.25, 0.3) is 0 Å². The average molecular weight is 284 g/mol. The molecule has 8 heteroatoms. The fourth-order valence-electron chi connectivity index (χ4n) is 1.34. The number of aromatic nitrogens is 2. The maximum atomic E-state index is 11.8. The lowest BCUT2D eigenvalue weighted by atomic mass is 9.74. The van der Waals surface area contributed by atoms with Crippen LogP contribution in [-0.4, -0.2) is 39.3 Å². The van der Waals surface area contributed by atoms with Crippen LogP contribution in [0.5, 0.6) is 0 Å². The number of nitrogens with one attached hydrogen (secondary N) is 2. The number of amides is 2. The summed E-state index contributed by atoms with van der Waals surface area (Å²) in [6.45, 7) is 6.79. The summed E-state index contributed by atoms with van der Waals surface area (Å²) in [6.07, 6.45) is 1.65. The minimum absolute atomic E-state index is 0.328.